The fourth-order valence-electron chi connectivity index (χ4n) is 6.15. The molecular weight excluding hydrogens is 494 g/mol. The minimum Gasteiger partial charge on any atom is -0.480 e. The van der Waals surface area contributed by atoms with Crippen LogP contribution in [0, 0.1) is 5.92 Å². The molecule has 0 unspecified atom stereocenters. The average Bonchev–Trinajstić information content (AvgIpc) is 2.93. The summed E-state index contributed by atoms with van der Waals surface area (Å²) in [6, 6.07) is 13.4. The third-order valence-electron chi connectivity index (χ3n) is 8.49. The van der Waals surface area contributed by atoms with Crippen LogP contribution < -0.4 is 10.6 Å². The minimum atomic E-state index is -1.07. The summed E-state index contributed by atoms with van der Waals surface area (Å²) in [7, 11) is 0. The van der Waals surface area contributed by atoms with Gasteiger partial charge in [-0.15, -0.1) is 0 Å². The number of aliphatic carboxylic acids is 1. The van der Waals surface area contributed by atoms with Crippen LogP contribution in [0.3, 0.4) is 0 Å². The molecular formula is C31H41N3O5. The van der Waals surface area contributed by atoms with Gasteiger partial charge in [0.05, 0.1) is 6.10 Å². The summed E-state index contributed by atoms with van der Waals surface area (Å²) >= 11 is 0. The molecule has 2 aromatic rings. The number of ether oxygens (including phenoxy) is 2. The van der Waals surface area contributed by atoms with Crippen molar-refractivity contribution in [3.8, 4) is 0 Å². The lowest BCUT2D eigenvalue weighted by Crippen LogP contribution is -2.44. The number of carboxylic acids is 1. The quantitative estimate of drug-likeness (QED) is 0.350. The number of hydrogen-bond acceptors (Lipinski definition) is 6. The number of carbonyl (C=O) groups is 2. The first-order valence-electron chi connectivity index (χ1n) is 14.6. The molecule has 39 heavy (non-hydrogen) atoms. The predicted molar refractivity (Wildman–Crippen MR) is 149 cm³/mol. The Balaban J connectivity index is 1.00. The molecule has 2 fully saturated rings. The fourth-order valence-corrected chi connectivity index (χ4v) is 6.15. The van der Waals surface area contributed by atoms with Gasteiger partial charge in [0.15, 0.2) is 0 Å². The van der Waals surface area contributed by atoms with Crippen LogP contribution in [0.2, 0.25) is 0 Å². The Bertz CT molecular complexity index is 1100. The molecule has 1 aliphatic heterocycles. The highest BCUT2D eigenvalue weighted by Gasteiger charge is 2.32. The Morgan fingerprint density at radius 3 is 2.72 bits per heavy atom. The molecule has 0 radical (unpaired) electrons. The van der Waals surface area contributed by atoms with Crippen molar-refractivity contribution in [1.82, 2.24) is 10.3 Å². The lowest BCUT2D eigenvalue weighted by Gasteiger charge is -2.35. The van der Waals surface area contributed by atoms with Gasteiger partial charge in [0.25, 0.3) is 0 Å². The zero-order valence-electron chi connectivity index (χ0n) is 22.6. The second-order valence-electron chi connectivity index (χ2n) is 11.3. The Hall–Kier alpha value is -3.13. The van der Waals surface area contributed by atoms with Crippen LogP contribution in [0.25, 0.3) is 0 Å². The highest BCUT2D eigenvalue weighted by molar-refractivity contribution is 5.79. The normalized spacial score (nSPS) is 24.9. The Kier molecular flexibility index (Phi) is 9.35. The number of benzene rings is 1. The predicted octanol–water partition coefficient (Wildman–Crippen LogP) is 5.46. The van der Waals surface area contributed by atoms with Crippen LogP contribution in [0.15, 0.2) is 42.5 Å². The van der Waals surface area contributed by atoms with Gasteiger partial charge in [-0.1, -0.05) is 42.8 Å². The van der Waals surface area contributed by atoms with Crippen LogP contribution in [-0.4, -0.2) is 53.6 Å². The van der Waals surface area contributed by atoms with E-state index < -0.39 is 18.1 Å². The van der Waals surface area contributed by atoms with Gasteiger partial charge in [-0.25, -0.2) is 14.6 Å². The van der Waals surface area contributed by atoms with Crippen molar-refractivity contribution in [1.29, 1.82) is 0 Å². The number of nitrogens with zero attached hydrogens (tertiary/aromatic N) is 1. The number of fused-ring (bicyclic) bond motifs is 1. The van der Waals surface area contributed by atoms with E-state index in [2.05, 4.69) is 34.9 Å². The Morgan fingerprint density at radius 1 is 1.08 bits per heavy atom. The summed E-state index contributed by atoms with van der Waals surface area (Å²) in [5, 5.41) is 15.6. The van der Waals surface area contributed by atoms with Crippen LogP contribution >= 0.6 is 0 Å². The maximum atomic E-state index is 12.6. The lowest BCUT2D eigenvalue weighted by atomic mass is 9.79. The molecule has 5 rings (SSSR count). The molecule has 0 bridgehead atoms. The zero-order chi connectivity index (χ0) is 27.0. The number of pyridine rings is 1. The second-order valence-corrected chi connectivity index (χ2v) is 11.3. The summed E-state index contributed by atoms with van der Waals surface area (Å²) in [5.74, 6) is 0.729. The van der Waals surface area contributed by atoms with Crippen LogP contribution in [0.5, 0.6) is 0 Å². The largest absolute Gasteiger partial charge is 0.480 e. The maximum absolute atomic E-state index is 12.6. The molecule has 3 N–H and O–H groups in total. The number of amides is 1. The molecule has 8 heteroatoms. The number of carbonyl (C=O) groups excluding carboxylic acids is 1. The van der Waals surface area contributed by atoms with E-state index in [0.717, 1.165) is 81.4 Å². The van der Waals surface area contributed by atoms with Crippen molar-refractivity contribution in [2.24, 2.45) is 5.92 Å². The topological polar surface area (TPSA) is 110 Å². The molecule has 2 aliphatic carbocycles. The van der Waals surface area contributed by atoms with Gasteiger partial charge in [0, 0.05) is 31.2 Å². The van der Waals surface area contributed by atoms with E-state index in [0.29, 0.717) is 12.5 Å². The third kappa shape index (κ3) is 7.50. The van der Waals surface area contributed by atoms with E-state index in [9.17, 15) is 14.7 Å². The van der Waals surface area contributed by atoms with Crippen molar-refractivity contribution in [2.45, 2.75) is 94.8 Å². The first-order valence-corrected chi connectivity index (χ1v) is 14.6. The zero-order valence-corrected chi connectivity index (χ0v) is 22.6. The van der Waals surface area contributed by atoms with Crippen molar-refractivity contribution in [2.75, 3.05) is 18.5 Å². The summed E-state index contributed by atoms with van der Waals surface area (Å²) in [5.41, 5.74) is 3.61. The van der Waals surface area contributed by atoms with E-state index >= 15 is 0 Å². The van der Waals surface area contributed by atoms with Crippen LogP contribution in [0.1, 0.15) is 80.5 Å². The second kappa shape index (κ2) is 13.3. The van der Waals surface area contributed by atoms with Gasteiger partial charge in [-0.2, -0.15) is 0 Å². The van der Waals surface area contributed by atoms with Crippen LogP contribution in [-0.2, 0) is 27.1 Å². The van der Waals surface area contributed by atoms with E-state index in [1.54, 1.807) is 0 Å². The lowest BCUT2D eigenvalue weighted by molar-refractivity contribution is -0.140. The van der Waals surface area contributed by atoms with Gasteiger partial charge >= 0.3 is 12.1 Å². The van der Waals surface area contributed by atoms with Gasteiger partial charge < -0.3 is 25.2 Å². The Morgan fingerprint density at radius 2 is 1.90 bits per heavy atom. The highest BCUT2D eigenvalue weighted by atomic mass is 16.6. The molecule has 1 aromatic carbocycles. The summed E-state index contributed by atoms with van der Waals surface area (Å²) in [4.78, 5) is 29.2. The molecule has 2 saturated carbocycles. The highest BCUT2D eigenvalue weighted by Crippen LogP contribution is 2.35. The summed E-state index contributed by atoms with van der Waals surface area (Å²) in [6.07, 6.45) is 9.60. The summed E-state index contributed by atoms with van der Waals surface area (Å²) in [6.45, 7) is 1.29. The van der Waals surface area contributed by atoms with Crippen LogP contribution in [0.4, 0.5) is 10.6 Å². The van der Waals surface area contributed by atoms with E-state index in [4.69, 9.17) is 14.5 Å². The van der Waals surface area contributed by atoms with Crippen molar-refractivity contribution in [3.63, 3.8) is 0 Å². The van der Waals surface area contributed by atoms with Gasteiger partial charge in [0.2, 0.25) is 0 Å². The van der Waals surface area contributed by atoms with E-state index in [1.165, 1.54) is 12.0 Å². The number of nitrogens with one attached hydrogen (secondary N) is 2. The van der Waals surface area contributed by atoms with Gasteiger partial charge in [-0.05, 0) is 80.9 Å². The van der Waals surface area contributed by atoms with E-state index in [-0.39, 0.29) is 24.5 Å². The number of rotatable bonds is 11. The number of anilines is 1. The minimum absolute atomic E-state index is 0.142. The molecule has 0 spiro atoms. The summed E-state index contributed by atoms with van der Waals surface area (Å²) < 4.78 is 11.7. The molecule has 3 aliphatic rings. The molecule has 2 heterocycles. The number of aryl methyl sites for hydroxylation is 2. The number of aromatic nitrogens is 1. The van der Waals surface area contributed by atoms with Crippen molar-refractivity contribution < 1.29 is 24.2 Å². The van der Waals surface area contributed by atoms with E-state index in [1.807, 2.05) is 18.2 Å². The standard InChI is InChI=1S/C31H41N3O5/c35-30(36)27(34-31(37)39-28-11-5-4-10-26(28)22-7-2-1-3-8-22)16-18-38-25-19-21(20-25)12-14-24-15-13-23-9-6-17-32-29(23)33-24/h1-3,7-8,13,15,21,25-28H,4-6,9-12,14,16-20H2,(H,32,33)(H,34,37)(H,35,36)/t21-,25-,26-,27-,28+/m0/s1. The van der Waals surface area contributed by atoms with Crippen molar-refractivity contribution >= 4 is 17.9 Å². The number of hydrogen-bond donors (Lipinski definition) is 3. The molecule has 8 nitrogen and oxygen atoms in total. The molecule has 210 valence electrons. The Labute approximate surface area is 230 Å². The monoisotopic (exact) mass is 535 g/mol. The fraction of sp³-hybridized carbons (Fsp3) is 0.581. The average molecular weight is 536 g/mol. The first kappa shape index (κ1) is 27.4. The maximum Gasteiger partial charge on any atom is 0.408 e. The van der Waals surface area contributed by atoms with Crippen molar-refractivity contribution in [3.05, 3.63) is 59.3 Å². The SMILES string of the molecule is O=C(N[C@@H](CCO[C@H]1C[C@H](CCc2ccc3c(n2)NCCC3)C1)C(=O)O)O[C@@H]1CCCC[C@H]1c1ccccc1. The van der Waals surface area contributed by atoms with Gasteiger partial charge in [0.1, 0.15) is 18.0 Å². The molecule has 1 aromatic heterocycles. The number of alkyl carbamates (subject to hydrolysis) is 1. The number of carboxylic acid groups (broad SMARTS) is 1. The first-order chi connectivity index (χ1) is 19.0. The molecule has 3 atom stereocenters. The third-order valence-corrected chi connectivity index (χ3v) is 8.49. The molecule has 1 amide bonds. The smallest absolute Gasteiger partial charge is 0.408 e. The van der Waals surface area contributed by atoms with Gasteiger partial charge in [-0.3, -0.25) is 0 Å². The molecule has 0 saturated heterocycles.